The Bertz CT molecular complexity index is 464. The molecule has 2 nitrogen and oxygen atoms in total. The number of halogens is 2. The van der Waals surface area contributed by atoms with E-state index in [0.29, 0.717) is 11.1 Å². The molecule has 1 aromatic rings. The van der Waals surface area contributed by atoms with E-state index in [2.05, 4.69) is 10.2 Å². The van der Waals surface area contributed by atoms with Gasteiger partial charge in [-0.05, 0) is 75.6 Å². The standard InChI is InChI=1S/C18H26F2N2/c19-15-12-16(20)14-17(13-15)22-10-2-5-18(6-3-11-22)4-1-8-21-9-7-18/h12-14,21H,1-11H2. The van der Waals surface area contributed by atoms with Crippen LogP contribution in [0, 0.1) is 17.0 Å². The van der Waals surface area contributed by atoms with Gasteiger partial charge in [0, 0.05) is 24.8 Å². The van der Waals surface area contributed by atoms with Crippen LogP contribution in [0.2, 0.25) is 0 Å². The molecule has 4 heteroatoms. The molecule has 0 saturated carbocycles. The number of hydrogen-bond donors (Lipinski definition) is 1. The molecular weight excluding hydrogens is 282 g/mol. The Hall–Kier alpha value is -1.16. The van der Waals surface area contributed by atoms with Crippen LogP contribution in [0.25, 0.3) is 0 Å². The maximum absolute atomic E-state index is 13.4. The fourth-order valence-corrected chi connectivity index (χ4v) is 4.20. The van der Waals surface area contributed by atoms with E-state index < -0.39 is 11.6 Å². The Labute approximate surface area is 131 Å². The van der Waals surface area contributed by atoms with Gasteiger partial charge in [-0.2, -0.15) is 0 Å². The Kier molecular flexibility index (Phi) is 4.97. The highest BCUT2D eigenvalue weighted by Crippen LogP contribution is 2.40. The highest BCUT2D eigenvalue weighted by Gasteiger charge is 2.31. The van der Waals surface area contributed by atoms with Crippen molar-refractivity contribution in [2.75, 3.05) is 31.1 Å². The fourth-order valence-electron chi connectivity index (χ4n) is 4.20. The molecule has 3 rings (SSSR count). The summed E-state index contributed by atoms with van der Waals surface area (Å²) in [5.74, 6) is -0.966. The van der Waals surface area contributed by atoms with Crippen LogP contribution >= 0.6 is 0 Å². The first-order valence-electron chi connectivity index (χ1n) is 8.59. The summed E-state index contributed by atoms with van der Waals surface area (Å²) in [6.45, 7) is 4.09. The molecule has 0 amide bonds. The summed E-state index contributed by atoms with van der Waals surface area (Å²) < 4.78 is 26.8. The number of benzene rings is 1. The Balaban J connectivity index is 1.65. The predicted octanol–water partition coefficient (Wildman–Crippen LogP) is 4.11. The second kappa shape index (κ2) is 6.95. The fraction of sp³-hybridized carbons (Fsp3) is 0.667. The van der Waals surface area contributed by atoms with Gasteiger partial charge >= 0.3 is 0 Å². The highest BCUT2D eigenvalue weighted by molar-refractivity contribution is 5.46. The van der Waals surface area contributed by atoms with Gasteiger partial charge in [-0.1, -0.05) is 0 Å². The maximum Gasteiger partial charge on any atom is 0.128 e. The number of nitrogens with zero attached hydrogens (tertiary/aromatic N) is 1. The molecule has 0 bridgehead atoms. The van der Waals surface area contributed by atoms with Gasteiger partial charge in [-0.25, -0.2) is 8.78 Å². The molecule has 2 aliphatic heterocycles. The van der Waals surface area contributed by atoms with Crippen LogP contribution in [0.15, 0.2) is 18.2 Å². The number of nitrogens with one attached hydrogen (secondary N) is 1. The van der Waals surface area contributed by atoms with E-state index in [1.165, 1.54) is 44.2 Å². The maximum atomic E-state index is 13.4. The van der Waals surface area contributed by atoms with Gasteiger partial charge in [-0.3, -0.25) is 0 Å². The first-order chi connectivity index (χ1) is 10.7. The molecule has 2 heterocycles. The Morgan fingerprint density at radius 2 is 1.45 bits per heavy atom. The monoisotopic (exact) mass is 308 g/mol. The average Bonchev–Trinajstić information content (AvgIpc) is 2.68. The quantitative estimate of drug-likeness (QED) is 0.840. The summed E-state index contributed by atoms with van der Waals surface area (Å²) in [7, 11) is 0. The zero-order valence-electron chi connectivity index (χ0n) is 13.2. The topological polar surface area (TPSA) is 15.3 Å². The van der Waals surface area contributed by atoms with Crippen molar-refractivity contribution in [2.24, 2.45) is 5.41 Å². The molecule has 22 heavy (non-hydrogen) atoms. The van der Waals surface area contributed by atoms with Crippen molar-refractivity contribution in [1.82, 2.24) is 5.32 Å². The third-order valence-electron chi connectivity index (χ3n) is 5.38. The Morgan fingerprint density at radius 3 is 2.14 bits per heavy atom. The third kappa shape index (κ3) is 3.78. The van der Waals surface area contributed by atoms with Crippen molar-refractivity contribution < 1.29 is 8.78 Å². The van der Waals surface area contributed by atoms with E-state index in [-0.39, 0.29) is 0 Å². The first kappa shape index (κ1) is 15.7. The lowest BCUT2D eigenvalue weighted by Crippen LogP contribution is -2.33. The van der Waals surface area contributed by atoms with Gasteiger partial charge in [0.25, 0.3) is 0 Å². The molecule has 2 fully saturated rings. The van der Waals surface area contributed by atoms with E-state index in [0.717, 1.165) is 45.1 Å². The lowest BCUT2D eigenvalue weighted by atomic mass is 9.72. The zero-order valence-corrected chi connectivity index (χ0v) is 13.2. The van der Waals surface area contributed by atoms with Crippen molar-refractivity contribution in [3.05, 3.63) is 29.8 Å². The number of rotatable bonds is 1. The van der Waals surface area contributed by atoms with Crippen LogP contribution < -0.4 is 10.2 Å². The van der Waals surface area contributed by atoms with Gasteiger partial charge in [-0.15, -0.1) is 0 Å². The molecule has 0 radical (unpaired) electrons. The van der Waals surface area contributed by atoms with Gasteiger partial charge in [0.15, 0.2) is 0 Å². The number of hydrogen-bond acceptors (Lipinski definition) is 2. The van der Waals surface area contributed by atoms with E-state index in [1.54, 1.807) is 0 Å². The summed E-state index contributed by atoms with van der Waals surface area (Å²) in [5.41, 5.74) is 1.19. The second-order valence-electron chi connectivity index (χ2n) is 6.93. The zero-order chi connectivity index (χ0) is 15.4. The molecule has 1 N–H and O–H groups in total. The minimum absolute atomic E-state index is 0.483. The lowest BCUT2D eigenvalue weighted by molar-refractivity contribution is 0.193. The van der Waals surface area contributed by atoms with E-state index in [1.807, 2.05) is 0 Å². The molecule has 0 aromatic heterocycles. The smallest absolute Gasteiger partial charge is 0.128 e. The van der Waals surface area contributed by atoms with Crippen molar-refractivity contribution in [1.29, 1.82) is 0 Å². The van der Waals surface area contributed by atoms with Crippen molar-refractivity contribution in [2.45, 2.75) is 44.9 Å². The largest absolute Gasteiger partial charge is 0.371 e. The molecule has 0 unspecified atom stereocenters. The summed E-state index contributed by atoms with van der Waals surface area (Å²) in [4.78, 5) is 2.15. The second-order valence-corrected chi connectivity index (χ2v) is 6.93. The van der Waals surface area contributed by atoms with Crippen molar-refractivity contribution >= 4 is 5.69 Å². The summed E-state index contributed by atoms with van der Waals surface area (Å²) in [5, 5.41) is 3.51. The highest BCUT2D eigenvalue weighted by atomic mass is 19.1. The van der Waals surface area contributed by atoms with Gasteiger partial charge < -0.3 is 10.2 Å². The van der Waals surface area contributed by atoms with Crippen LogP contribution in [-0.2, 0) is 0 Å². The molecule has 0 atom stereocenters. The average molecular weight is 308 g/mol. The summed E-state index contributed by atoms with van der Waals surface area (Å²) in [6.07, 6.45) is 8.58. The van der Waals surface area contributed by atoms with Gasteiger partial charge in [0.1, 0.15) is 11.6 Å². The van der Waals surface area contributed by atoms with E-state index in [9.17, 15) is 8.78 Å². The van der Waals surface area contributed by atoms with Crippen LogP contribution in [0.5, 0.6) is 0 Å². The lowest BCUT2D eigenvalue weighted by Gasteiger charge is -2.38. The van der Waals surface area contributed by atoms with Gasteiger partial charge in [0.2, 0.25) is 0 Å². The van der Waals surface area contributed by atoms with Crippen LogP contribution in [-0.4, -0.2) is 26.2 Å². The van der Waals surface area contributed by atoms with E-state index >= 15 is 0 Å². The molecule has 122 valence electrons. The van der Waals surface area contributed by atoms with Crippen LogP contribution in [0.4, 0.5) is 14.5 Å². The normalized spacial score (nSPS) is 22.9. The Morgan fingerprint density at radius 1 is 0.818 bits per heavy atom. The van der Waals surface area contributed by atoms with Crippen LogP contribution in [0.3, 0.4) is 0 Å². The van der Waals surface area contributed by atoms with Crippen molar-refractivity contribution in [3.8, 4) is 0 Å². The summed E-state index contributed by atoms with van der Waals surface area (Å²) in [6, 6.07) is 3.85. The van der Waals surface area contributed by atoms with Crippen LogP contribution in [0.1, 0.15) is 44.9 Å². The summed E-state index contributed by atoms with van der Waals surface area (Å²) >= 11 is 0. The molecular formula is C18H26F2N2. The van der Waals surface area contributed by atoms with Crippen molar-refractivity contribution in [3.63, 3.8) is 0 Å². The minimum Gasteiger partial charge on any atom is -0.371 e. The predicted molar refractivity (Wildman–Crippen MR) is 86.2 cm³/mol. The first-order valence-corrected chi connectivity index (χ1v) is 8.59. The van der Waals surface area contributed by atoms with Gasteiger partial charge in [0.05, 0.1) is 0 Å². The number of anilines is 1. The molecule has 1 spiro atoms. The third-order valence-corrected chi connectivity index (χ3v) is 5.38. The molecule has 2 aliphatic rings. The molecule has 1 aromatic carbocycles. The SMILES string of the molecule is Fc1cc(F)cc(N2CCCC3(CCCNCC3)CCC2)c1. The minimum atomic E-state index is -0.483. The van der Waals surface area contributed by atoms with E-state index in [4.69, 9.17) is 0 Å². The molecule has 2 saturated heterocycles. The molecule has 0 aliphatic carbocycles.